The summed E-state index contributed by atoms with van der Waals surface area (Å²) in [5.74, 6) is -0.00500. The number of rotatable bonds is 10. The molecule has 0 aliphatic rings. The van der Waals surface area contributed by atoms with Crippen LogP contribution in [-0.2, 0) is 17.5 Å². The van der Waals surface area contributed by atoms with E-state index in [1.54, 1.807) is 17.6 Å². The van der Waals surface area contributed by atoms with Gasteiger partial charge in [-0.3, -0.25) is 14.2 Å². The molecule has 0 spiro atoms. The van der Waals surface area contributed by atoms with Crippen LogP contribution in [0.4, 0.5) is 18.3 Å². The van der Waals surface area contributed by atoms with Gasteiger partial charge in [-0.2, -0.15) is 13.2 Å². The number of aromatic nitrogens is 4. The predicted octanol–water partition coefficient (Wildman–Crippen LogP) is 4.42. The lowest BCUT2D eigenvalue weighted by Crippen LogP contribution is -2.25. The molecule has 4 rings (SSSR count). The molecule has 0 fully saturated rings. The van der Waals surface area contributed by atoms with Crippen LogP contribution < -0.4 is 20.1 Å². The van der Waals surface area contributed by atoms with Crippen molar-refractivity contribution >= 4 is 40.0 Å². The van der Waals surface area contributed by atoms with E-state index in [-0.39, 0.29) is 40.4 Å². The Morgan fingerprint density at radius 3 is 2.56 bits per heavy atom. The fourth-order valence-corrected chi connectivity index (χ4v) is 4.71. The normalized spacial score (nSPS) is 11.2. The maximum Gasteiger partial charge on any atom is 0.416 e. The number of benzene rings is 2. The van der Waals surface area contributed by atoms with Crippen molar-refractivity contribution in [3.63, 3.8) is 0 Å². The smallest absolute Gasteiger partial charge is 0.416 e. The topological polar surface area (TPSA) is 120 Å². The standard InChI is InChI=1S/C24H21F3N6O4S2/c1-36-17-7-6-14(10-18(17)37-2)21(35)29-12-19-31-32-23(39-13-20(34)30-22-28-8-9-38-22)33(19)16-5-3-4-15(11-16)24(25,26)27/h3-11H,12-13H2,1-2H3,(H,29,35)(H,28,30,34). The van der Waals surface area contributed by atoms with Crippen molar-refractivity contribution < 1.29 is 32.2 Å². The second-order valence-corrected chi connectivity index (χ2v) is 9.55. The van der Waals surface area contributed by atoms with Gasteiger partial charge in [-0.15, -0.1) is 21.5 Å². The molecule has 0 saturated heterocycles. The number of nitrogens with zero attached hydrogens (tertiary/aromatic N) is 4. The monoisotopic (exact) mass is 578 g/mol. The van der Waals surface area contributed by atoms with Crippen LogP contribution in [0.1, 0.15) is 21.7 Å². The lowest BCUT2D eigenvalue weighted by Gasteiger charge is -2.14. The van der Waals surface area contributed by atoms with Crippen LogP contribution >= 0.6 is 23.1 Å². The van der Waals surface area contributed by atoms with Gasteiger partial charge in [0.05, 0.1) is 37.8 Å². The molecule has 2 aromatic carbocycles. The third kappa shape index (κ3) is 6.86. The molecule has 0 bridgehead atoms. The van der Waals surface area contributed by atoms with Gasteiger partial charge in [-0.05, 0) is 36.4 Å². The van der Waals surface area contributed by atoms with Crippen LogP contribution in [0.3, 0.4) is 0 Å². The Morgan fingerprint density at radius 2 is 1.87 bits per heavy atom. The summed E-state index contributed by atoms with van der Waals surface area (Å²) in [6, 6.07) is 9.21. The van der Waals surface area contributed by atoms with Gasteiger partial charge in [0.25, 0.3) is 5.91 Å². The molecule has 0 aliphatic carbocycles. The van der Waals surface area contributed by atoms with Crippen molar-refractivity contribution in [3.05, 3.63) is 71.0 Å². The minimum atomic E-state index is -4.58. The van der Waals surface area contributed by atoms with E-state index in [0.717, 1.165) is 23.9 Å². The van der Waals surface area contributed by atoms with E-state index < -0.39 is 17.6 Å². The average molecular weight is 579 g/mol. The van der Waals surface area contributed by atoms with Gasteiger partial charge in [0.2, 0.25) is 5.91 Å². The van der Waals surface area contributed by atoms with Crippen molar-refractivity contribution in [2.24, 2.45) is 0 Å². The van der Waals surface area contributed by atoms with Gasteiger partial charge < -0.3 is 20.1 Å². The summed E-state index contributed by atoms with van der Waals surface area (Å²) in [7, 11) is 2.91. The molecule has 204 valence electrons. The minimum Gasteiger partial charge on any atom is -0.493 e. The minimum absolute atomic E-state index is 0.103. The molecule has 4 aromatic rings. The largest absolute Gasteiger partial charge is 0.493 e. The van der Waals surface area contributed by atoms with Gasteiger partial charge in [-0.1, -0.05) is 17.8 Å². The van der Waals surface area contributed by atoms with Crippen molar-refractivity contribution in [1.29, 1.82) is 0 Å². The van der Waals surface area contributed by atoms with Crippen LogP contribution in [0, 0.1) is 0 Å². The van der Waals surface area contributed by atoms with Crippen molar-refractivity contribution in [2.75, 3.05) is 25.3 Å². The summed E-state index contributed by atoms with van der Waals surface area (Å²) < 4.78 is 52.0. The lowest BCUT2D eigenvalue weighted by atomic mass is 10.2. The lowest BCUT2D eigenvalue weighted by molar-refractivity contribution is -0.137. The maximum atomic E-state index is 13.4. The summed E-state index contributed by atoms with van der Waals surface area (Å²) in [5.41, 5.74) is -0.481. The maximum absolute atomic E-state index is 13.4. The molecule has 2 amide bonds. The highest BCUT2D eigenvalue weighted by Crippen LogP contribution is 2.32. The second kappa shape index (κ2) is 12.2. The number of thiazole rings is 1. The number of amides is 2. The Balaban J connectivity index is 1.58. The number of thioether (sulfide) groups is 1. The summed E-state index contributed by atoms with van der Waals surface area (Å²) in [6.07, 6.45) is -3.03. The first-order valence-electron chi connectivity index (χ1n) is 11.1. The SMILES string of the molecule is COc1ccc(C(=O)NCc2nnc(SCC(=O)Nc3nccs3)n2-c2cccc(C(F)(F)F)c2)cc1OC. The number of anilines is 1. The molecule has 0 atom stereocenters. The van der Waals surface area contributed by atoms with E-state index in [1.165, 1.54) is 54.4 Å². The van der Waals surface area contributed by atoms with Crippen LogP contribution in [0.25, 0.3) is 5.69 Å². The molecule has 0 aliphatic heterocycles. The number of hydrogen-bond donors (Lipinski definition) is 2. The molecule has 2 heterocycles. The summed E-state index contributed by atoms with van der Waals surface area (Å²) in [4.78, 5) is 29.1. The molecule has 39 heavy (non-hydrogen) atoms. The average Bonchev–Trinajstić information content (AvgIpc) is 3.59. The molecule has 15 heteroatoms. The van der Waals surface area contributed by atoms with Crippen molar-refractivity contribution in [2.45, 2.75) is 17.9 Å². The van der Waals surface area contributed by atoms with Crippen LogP contribution in [0.2, 0.25) is 0 Å². The molecule has 0 radical (unpaired) electrons. The van der Waals surface area contributed by atoms with Gasteiger partial charge in [0, 0.05) is 17.1 Å². The quantitative estimate of drug-likeness (QED) is 0.266. The Labute approximate surface area is 228 Å². The summed E-state index contributed by atoms with van der Waals surface area (Å²) >= 11 is 2.22. The van der Waals surface area contributed by atoms with E-state index in [2.05, 4.69) is 25.8 Å². The van der Waals surface area contributed by atoms with Crippen LogP contribution in [-0.4, -0.2) is 51.5 Å². The van der Waals surface area contributed by atoms with Gasteiger partial charge >= 0.3 is 6.18 Å². The van der Waals surface area contributed by atoms with Crippen molar-refractivity contribution in [1.82, 2.24) is 25.1 Å². The molecule has 2 N–H and O–H groups in total. The van der Waals surface area contributed by atoms with Gasteiger partial charge in [0.15, 0.2) is 27.6 Å². The Hall–Kier alpha value is -4.11. The molecule has 2 aromatic heterocycles. The third-order valence-corrected chi connectivity index (χ3v) is 6.81. The number of hydrogen-bond acceptors (Lipinski definition) is 9. The first-order valence-corrected chi connectivity index (χ1v) is 13.0. The molecule has 0 unspecified atom stereocenters. The summed E-state index contributed by atoms with van der Waals surface area (Å²) in [6.45, 7) is -0.164. The van der Waals surface area contributed by atoms with E-state index in [9.17, 15) is 22.8 Å². The highest BCUT2D eigenvalue weighted by Gasteiger charge is 2.31. The van der Waals surface area contributed by atoms with E-state index in [4.69, 9.17) is 9.47 Å². The first-order chi connectivity index (χ1) is 18.7. The number of carbonyl (C=O) groups excluding carboxylic acids is 2. The van der Waals surface area contributed by atoms with Crippen LogP contribution in [0.15, 0.2) is 59.2 Å². The zero-order valence-electron chi connectivity index (χ0n) is 20.5. The number of methoxy groups -OCH3 is 2. The fraction of sp³-hybridized carbons (Fsp3) is 0.208. The van der Waals surface area contributed by atoms with Gasteiger partial charge in [0.1, 0.15) is 0 Å². The number of nitrogens with one attached hydrogen (secondary N) is 2. The number of halogens is 3. The highest BCUT2D eigenvalue weighted by molar-refractivity contribution is 7.99. The third-order valence-electron chi connectivity index (χ3n) is 5.20. The van der Waals surface area contributed by atoms with E-state index in [1.807, 2.05) is 0 Å². The van der Waals surface area contributed by atoms with Gasteiger partial charge in [-0.25, -0.2) is 4.98 Å². The fourth-order valence-electron chi connectivity index (χ4n) is 3.40. The number of alkyl halides is 3. The van der Waals surface area contributed by atoms with E-state index in [0.29, 0.717) is 16.6 Å². The summed E-state index contributed by atoms with van der Waals surface area (Å²) in [5, 5.41) is 15.7. The Morgan fingerprint density at radius 1 is 1.08 bits per heavy atom. The number of carbonyl (C=O) groups is 2. The zero-order chi connectivity index (χ0) is 28.0. The molecule has 10 nitrogen and oxygen atoms in total. The first kappa shape index (κ1) is 27.9. The predicted molar refractivity (Wildman–Crippen MR) is 139 cm³/mol. The molecular weight excluding hydrogens is 557 g/mol. The Kier molecular flexibility index (Phi) is 8.71. The molecular formula is C24H21F3N6O4S2. The molecule has 0 saturated carbocycles. The van der Waals surface area contributed by atoms with E-state index >= 15 is 0 Å². The highest BCUT2D eigenvalue weighted by atomic mass is 32.2. The Bertz CT molecular complexity index is 1460. The van der Waals surface area contributed by atoms with Crippen molar-refractivity contribution in [3.8, 4) is 17.2 Å². The number of ether oxygens (including phenoxy) is 2. The van der Waals surface area contributed by atoms with Crippen LogP contribution in [0.5, 0.6) is 11.5 Å². The zero-order valence-corrected chi connectivity index (χ0v) is 22.1. The second-order valence-electron chi connectivity index (χ2n) is 7.71.